The Labute approximate surface area is 88.7 Å². The molecule has 0 saturated heterocycles. The van der Waals surface area contributed by atoms with Gasteiger partial charge in [0.2, 0.25) is 0 Å². The molecule has 1 atom stereocenters. The van der Waals surface area contributed by atoms with Gasteiger partial charge in [-0.05, 0) is 25.0 Å². The Hall–Kier alpha value is -1.51. The highest BCUT2D eigenvalue weighted by Gasteiger charge is 2.32. The summed E-state index contributed by atoms with van der Waals surface area (Å²) in [6.07, 6.45) is 2.57. The molecule has 0 radical (unpaired) electrons. The first kappa shape index (κ1) is 10.0. The maximum atomic E-state index is 11.5. The molecule has 15 heavy (non-hydrogen) atoms. The fraction of sp³-hybridized carbons (Fsp3) is 0.417. The molecule has 0 bridgehead atoms. The molecule has 0 fully saturated rings. The van der Waals surface area contributed by atoms with Crippen LogP contribution in [0, 0.1) is 0 Å². The molecule has 80 valence electrons. The number of rotatable bonds is 3. The van der Waals surface area contributed by atoms with Gasteiger partial charge in [0.15, 0.2) is 0 Å². The number of fused-ring (bicyclic) bond motifs is 1. The number of aromatic hydroxyl groups is 1. The fourth-order valence-electron chi connectivity index (χ4n) is 1.91. The Balaban J connectivity index is 2.31. The summed E-state index contributed by atoms with van der Waals surface area (Å²) in [4.78, 5) is 11.5. The van der Waals surface area contributed by atoms with Crippen LogP contribution in [0.25, 0.3) is 0 Å². The summed E-state index contributed by atoms with van der Waals surface area (Å²) in [5.41, 5.74) is 1.17. The number of hydrogen-bond donors (Lipinski definition) is 1. The van der Waals surface area contributed by atoms with Crippen molar-refractivity contribution in [2.24, 2.45) is 0 Å². The lowest BCUT2D eigenvalue weighted by Crippen LogP contribution is -1.98. The summed E-state index contributed by atoms with van der Waals surface area (Å²) in [6.45, 7) is 2.09. The van der Waals surface area contributed by atoms with E-state index in [2.05, 4.69) is 6.92 Å². The van der Waals surface area contributed by atoms with Crippen molar-refractivity contribution in [3.8, 4) is 5.75 Å². The third-order valence-electron chi connectivity index (χ3n) is 2.69. The Bertz CT molecular complexity index is 384. The van der Waals surface area contributed by atoms with Crippen LogP contribution < -0.4 is 0 Å². The van der Waals surface area contributed by atoms with Gasteiger partial charge in [0.05, 0.1) is 5.56 Å². The average molecular weight is 206 g/mol. The number of hydrogen-bond acceptors (Lipinski definition) is 3. The van der Waals surface area contributed by atoms with Crippen molar-refractivity contribution >= 4 is 5.97 Å². The Morgan fingerprint density at radius 2 is 2.27 bits per heavy atom. The van der Waals surface area contributed by atoms with Crippen molar-refractivity contribution in [2.45, 2.75) is 32.3 Å². The number of unbranched alkanes of at least 4 members (excludes halogenated alkanes) is 1. The monoisotopic (exact) mass is 206 g/mol. The van der Waals surface area contributed by atoms with E-state index in [0.29, 0.717) is 11.1 Å². The number of esters is 1. The van der Waals surface area contributed by atoms with E-state index in [9.17, 15) is 9.90 Å². The third kappa shape index (κ3) is 1.69. The minimum absolute atomic E-state index is 0.166. The predicted molar refractivity (Wildman–Crippen MR) is 55.8 cm³/mol. The van der Waals surface area contributed by atoms with E-state index in [1.807, 2.05) is 0 Å². The summed E-state index contributed by atoms with van der Waals surface area (Å²) in [6, 6.07) is 4.96. The van der Waals surface area contributed by atoms with Gasteiger partial charge < -0.3 is 9.84 Å². The summed E-state index contributed by atoms with van der Waals surface area (Å²) in [5, 5.41) is 9.69. The van der Waals surface area contributed by atoms with Crippen LogP contribution in [0.5, 0.6) is 5.75 Å². The number of benzene rings is 1. The maximum absolute atomic E-state index is 11.5. The Morgan fingerprint density at radius 3 is 3.00 bits per heavy atom. The summed E-state index contributed by atoms with van der Waals surface area (Å²) < 4.78 is 5.22. The molecule has 1 heterocycles. The zero-order valence-electron chi connectivity index (χ0n) is 8.69. The van der Waals surface area contributed by atoms with E-state index in [1.165, 1.54) is 0 Å². The average Bonchev–Trinajstić information content (AvgIpc) is 2.55. The first-order valence-electron chi connectivity index (χ1n) is 5.27. The topological polar surface area (TPSA) is 46.5 Å². The molecule has 0 unspecified atom stereocenters. The molecule has 1 aliphatic rings. The number of ether oxygens (including phenoxy) is 1. The predicted octanol–water partition coefficient (Wildman–Crippen LogP) is 2.79. The molecule has 1 aromatic rings. The van der Waals surface area contributed by atoms with Crippen LogP contribution in [0.2, 0.25) is 0 Å². The fourth-order valence-corrected chi connectivity index (χ4v) is 1.91. The highest BCUT2D eigenvalue weighted by Crippen LogP contribution is 2.39. The maximum Gasteiger partial charge on any atom is 0.339 e. The minimum atomic E-state index is -0.318. The lowest BCUT2D eigenvalue weighted by molar-refractivity contribution is 0.0362. The van der Waals surface area contributed by atoms with Gasteiger partial charge in [0.1, 0.15) is 11.9 Å². The SMILES string of the molecule is CCCC[C@H]1OC(=O)c2cccc(O)c21. The minimum Gasteiger partial charge on any atom is -0.508 e. The van der Waals surface area contributed by atoms with Crippen LogP contribution in [0.15, 0.2) is 18.2 Å². The summed E-state index contributed by atoms with van der Waals surface area (Å²) in [5.74, 6) is -0.151. The van der Waals surface area contributed by atoms with Crippen LogP contribution in [-0.4, -0.2) is 11.1 Å². The molecule has 2 rings (SSSR count). The van der Waals surface area contributed by atoms with E-state index in [-0.39, 0.29) is 17.8 Å². The van der Waals surface area contributed by atoms with Crippen LogP contribution >= 0.6 is 0 Å². The molecule has 0 amide bonds. The number of cyclic esters (lactones) is 1. The molecule has 1 aliphatic heterocycles. The molecule has 3 heteroatoms. The van der Waals surface area contributed by atoms with E-state index >= 15 is 0 Å². The summed E-state index contributed by atoms with van der Waals surface area (Å²) >= 11 is 0. The number of carbonyl (C=O) groups is 1. The van der Waals surface area contributed by atoms with Crippen molar-refractivity contribution in [1.29, 1.82) is 0 Å². The zero-order valence-corrected chi connectivity index (χ0v) is 8.69. The van der Waals surface area contributed by atoms with Gasteiger partial charge in [0, 0.05) is 5.56 Å². The normalized spacial score (nSPS) is 18.7. The van der Waals surface area contributed by atoms with Gasteiger partial charge in [-0.2, -0.15) is 0 Å². The van der Waals surface area contributed by atoms with Gasteiger partial charge in [0.25, 0.3) is 0 Å². The van der Waals surface area contributed by atoms with Crippen LogP contribution in [0.1, 0.15) is 48.2 Å². The standard InChI is InChI=1S/C12H14O3/c1-2-3-7-10-11-8(12(14)15-10)5-4-6-9(11)13/h4-6,10,13H,2-3,7H2,1H3/t10-/m1/s1. The lowest BCUT2D eigenvalue weighted by Gasteiger charge is -2.10. The van der Waals surface area contributed by atoms with Crippen LogP contribution in [0.4, 0.5) is 0 Å². The molecule has 1 N–H and O–H groups in total. The van der Waals surface area contributed by atoms with E-state index in [4.69, 9.17) is 4.74 Å². The second-order valence-electron chi connectivity index (χ2n) is 3.77. The summed E-state index contributed by atoms with van der Waals surface area (Å²) in [7, 11) is 0. The van der Waals surface area contributed by atoms with E-state index < -0.39 is 0 Å². The highest BCUT2D eigenvalue weighted by atomic mass is 16.5. The molecular weight excluding hydrogens is 192 g/mol. The quantitative estimate of drug-likeness (QED) is 0.773. The Morgan fingerprint density at radius 1 is 1.47 bits per heavy atom. The second-order valence-corrected chi connectivity index (χ2v) is 3.77. The molecule has 3 nitrogen and oxygen atoms in total. The van der Waals surface area contributed by atoms with Crippen LogP contribution in [-0.2, 0) is 4.74 Å². The van der Waals surface area contributed by atoms with Gasteiger partial charge in [-0.3, -0.25) is 0 Å². The molecule has 1 aromatic carbocycles. The molecule has 0 spiro atoms. The zero-order chi connectivity index (χ0) is 10.8. The lowest BCUT2D eigenvalue weighted by atomic mass is 10.0. The molecule has 0 aromatic heterocycles. The van der Waals surface area contributed by atoms with Gasteiger partial charge >= 0.3 is 5.97 Å². The number of phenolic OH excluding ortho intramolecular Hbond substituents is 1. The van der Waals surface area contributed by atoms with Gasteiger partial charge in [-0.1, -0.05) is 19.4 Å². The number of carbonyl (C=O) groups excluding carboxylic acids is 1. The van der Waals surface area contributed by atoms with Crippen molar-refractivity contribution < 1.29 is 14.6 Å². The largest absolute Gasteiger partial charge is 0.508 e. The molecule has 0 saturated carbocycles. The molecular formula is C12H14O3. The van der Waals surface area contributed by atoms with Crippen LogP contribution in [0.3, 0.4) is 0 Å². The van der Waals surface area contributed by atoms with Gasteiger partial charge in [-0.25, -0.2) is 4.79 Å². The third-order valence-corrected chi connectivity index (χ3v) is 2.69. The van der Waals surface area contributed by atoms with Crippen molar-refractivity contribution in [3.05, 3.63) is 29.3 Å². The van der Waals surface area contributed by atoms with Crippen molar-refractivity contribution in [2.75, 3.05) is 0 Å². The van der Waals surface area contributed by atoms with E-state index in [1.54, 1.807) is 18.2 Å². The first-order chi connectivity index (χ1) is 7.24. The van der Waals surface area contributed by atoms with Crippen molar-refractivity contribution in [1.82, 2.24) is 0 Å². The van der Waals surface area contributed by atoms with Gasteiger partial charge in [-0.15, -0.1) is 0 Å². The van der Waals surface area contributed by atoms with E-state index in [0.717, 1.165) is 19.3 Å². The smallest absolute Gasteiger partial charge is 0.339 e. The number of phenols is 1. The molecule has 0 aliphatic carbocycles. The first-order valence-corrected chi connectivity index (χ1v) is 5.27. The van der Waals surface area contributed by atoms with Crippen molar-refractivity contribution in [3.63, 3.8) is 0 Å². The highest BCUT2D eigenvalue weighted by molar-refractivity contribution is 5.94. The Kier molecular flexibility index (Phi) is 2.62. The second kappa shape index (κ2) is 3.93.